The first kappa shape index (κ1) is 9.52. The Morgan fingerprint density at radius 1 is 1.50 bits per heavy atom. The van der Waals surface area contributed by atoms with Gasteiger partial charge in [0.05, 0.1) is 0 Å². The van der Waals surface area contributed by atoms with Crippen molar-refractivity contribution in [2.75, 3.05) is 13.1 Å². The molecular formula is C9H18N2O. The lowest BCUT2D eigenvalue weighted by Gasteiger charge is -2.26. The molecule has 0 heterocycles. The van der Waals surface area contributed by atoms with Crippen LogP contribution in [0.3, 0.4) is 0 Å². The second-order valence-corrected chi connectivity index (χ2v) is 3.82. The monoisotopic (exact) mass is 170 g/mol. The Morgan fingerprint density at radius 2 is 2.08 bits per heavy atom. The Kier molecular flexibility index (Phi) is 3.09. The molecule has 0 aromatic heterocycles. The summed E-state index contributed by atoms with van der Waals surface area (Å²) in [5, 5.41) is 2.86. The summed E-state index contributed by atoms with van der Waals surface area (Å²) in [6.45, 7) is 3.02. The first-order chi connectivity index (χ1) is 5.68. The molecule has 1 saturated carbocycles. The van der Waals surface area contributed by atoms with Gasteiger partial charge in [-0.2, -0.15) is 0 Å². The molecule has 3 N–H and O–H groups in total. The zero-order chi connectivity index (χ0) is 9.03. The van der Waals surface area contributed by atoms with Gasteiger partial charge in [-0.1, -0.05) is 12.8 Å². The van der Waals surface area contributed by atoms with E-state index in [-0.39, 0.29) is 11.3 Å². The lowest BCUT2D eigenvalue weighted by molar-refractivity contribution is -0.119. The minimum atomic E-state index is 0.0507. The van der Waals surface area contributed by atoms with E-state index in [1.165, 1.54) is 25.7 Å². The second kappa shape index (κ2) is 3.90. The van der Waals surface area contributed by atoms with Gasteiger partial charge in [0.2, 0.25) is 5.91 Å². The van der Waals surface area contributed by atoms with Crippen LogP contribution in [-0.2, 0) is 4.79 Å². The largest absolute Gasteiger partial charge is 0.356 e. The molecule has 0 aromatic rings. The van der Waals surface area contributed by atoms with E-state index < -0.39 is 0 Å². The zero-order valence-electron chi connectivity index (χ0n) is 7.73. The fraction of sp³-hybridized carbons (Fsp3) is 0.889. The molecule has 0 radical (unpaired) electrons. The van der Waals surface area contributed by atoms with Crippen molar-refractivity contribution in [2.45, 2.75) is 32.6 Å². The molecule has 70 valence electrons. The molecule has 0 unspecified atom stereocenters. The number of rotatable bonds is 3. The van der Waals surface area contributed by atoms with Crippen molar-refractivity contribution in [1.82, 2.24) is 5.32 Å². The van der Waals surface area contributed by atoms with E-state index in [4.69, 9.17) is 5.73 Å². The summed E-state index contributed by atoms with van der Waals surface area (Å²) in [6, 6.07) is 0. The normalized spacial score (nSPS) is 20.8. The van der Waals surface area contributed by atoms with Crippen molar-refractivity contribution >= 4 is 5.91 Å². The van der Waals surface area contributed by atoms with E-state index >= 15 is 0 Å². The molecule has 0 atom stereocenters. The highest BCUT2D eigenvalue weighted by atomic mass is 16.1. The fourth-order valence-corrected chi connectivity index (χ4v) is 1.89. The number of nitrogens with two attached hydrogens (primary N) is 1. The minimum absolute atomic E-state index is 0.0507. The van der Waals surface area contributed by atoms with E-state index in [0.29, 0.717) is 6.54 Å². The molecule has 1 amide bonds. The van der Waals surface area contributed by atoms with Crippen molar-refractivity contribution in [3.8, 4) is 0 Å². The first-order valence-corrected chi connectivity index (χ1v) is 4.63. The summed E-state index contributed by atoms with van der Waals surface area (Å²) < 4.78 is 0. The van der Waals surface area contributed by atoms with Crippen LogP contribution in [0.5, 0.6) is 0 Å². The van der Waals surface area contributed by atoms with Gasteiger partial charge in [0, 0.05) is 13.5 Å². The second-order valence-electron chi connectivity index (χ2n) is 3.82. The van der Waals surface area contributed by atoms with Crippen LogP contribution < -0.4 is 11.1 Å². The summed E-state index contributed by atoms with van der Waals surface area (Å²) in [6.07, 6.45) is 4.86. The van der Waals surface area contributed by atoms with Crippen LogP contribution in [0.4, 0.5) is 0 Å². The maximum atomic E-state index is 10.7. The Bertz CT molecular complexity index is 162. The van der Waals surface area contributed by atoms with Gasteiger partial charge in [0.15, 0.2) is 0 Å². The van der Waals surface area contributed by atoms with Crippen LogP contribution in [0, 0.1) is 5.41 Å². The van der Waals surface area contributed by atoms with Gasteiger partial charge in [-0.25, -0.2) is 0 Å². The molecular weight excluding hydrogens is 152 g/mol. The van der Waals surface area contributed by atoms with Crippen LogP contribution >= 0.6 is 0 Å². The molecule has 0 saturated heterocycles. The maximum Gasteiger partial charge on any atom is 0.216 e. The third-order valence-corrected chi connectivity index (χ3v) is 2.81. The number of hydrogen-bond acceptors (Lipinski definition) is 2. The van der Waals surface area contributed by atoms with Crippen molar-refractivity contribution in [2.24, 2.45) is 11.1 Å². The highest BCUT2D eigenvalue weighted by Gasteiger charge is 2.32. The summed E-state index contributed by atoms with van der Waals surface area (Å²) >= 11 is 0. The summed E-state index contributed by atoms with van der Waals surface area (Å²) in [5.41, 5.74) is 5.92. The SMILES string of the molecule is CC(=O)NCC1(CN)CCCC1. The average Bonchev–Trinajstić information content (AvgIpc) is 2.50. The predicted octanol–water partition coefficient (Wildman–Crippen LogP) is 0.642. The zero-order valence-corrected chi connectivity index (χ0v) is 7.73. The average molecular weight is 170 g/mol. The van der Waals surface area contributed by atoms with Crippen molar-refractivity contribution < 1.29 is 4.79 Å². The Labute approximate surface area is 73.7 Å². The van der Waals surface area contributed by atoms with Gasteiger partial charge >= 0.3 is 0 Å². The van der Waals surface area contributed by atoms with Gasteiger partial charge in [0.1, 0.15) is 0 Å². The van der Waals surface area contributed by atoms with Crippen molar-refractivity contribution in [1.29, 1.82) is 0 Å². The van der Waals surface area contributed by atoms with Crippen molar-refractivity contribution in [3.63, 3.8) is 0 Å². The van der Waals surface area contributed by atoms with Gasteiger partial charge in [0.25, 0.3) is 0 Å². The first-order valence-electron chi connectivity index (χ1n) is 4.63. The maximum absolute atomic E-state index is 10.7. The van der Waals surface area contributed by atoms with Gasteiger partial charge in [-0.05, 0) is 24.8 Å². The number of carbonyl (C=O) groups is 1. The van der Waals surface area contributed by atoms with E-state index in [1.54, 1.807) is 6.92 Å². The highest BCUT2D eigenvalue weighted by molar-refractivity contribution is 5.72. The Hall–Kier alpha value is -0.570. The molecule has 12 heavy (non-hydrogen) atoms. The molecule has 3 heteroatoms. The lowest BCUT2D eigenvalue weighted by Crippen LogP contribution is -2.39. The van der Waals surface area contributed by atoms with Gasteiger partial charge in [-0.3, -0.25) is 4.79 Å². The smallest absolute Gasteiger partial charge is 0.216 e. The number of amides is 1. The fourth-order valence-electron chi connectivity index (χ4n) is 1.89. The molecule has 1 aliphatic carbocycles. The molecule has 0 bridgehead atoms. The quantitative estimate of drug-likeness (QED) is 0.653. The molecule has 1 aliphatic rings. The summed E-state index contributed by atoms with van der Waals surface area (Å²) in [4.78, 5) is 10.7. The molecule has 0 aliphatic heterocycles. The topological polar surface area (TPSA) is 55.1 Å². The molecule has 3 nitrogen and oxygen atoms in total. The third kappa shape index (κ3) is 2.21. The number of nitrogens with one attached hydrogen (secondary N) is 1. The highest BCUT2D eigenvalue weighted by Crippen LogP contribution is 2.36. The minimum Gasteiger partial charge on any atom is -0.356 e. The summed E-state index contributed by atoms with van der Waals surface area (Å²) in [5.74, 6) is 0.0507. The summed E-state index contributed by atoms with van der Waals surface area (Å²) in [7, 11) is 0. The van der Waals surface area contributed by atoms with E-state index in [2.05, 4.69) is 5.32 Å². The Balaban J connectivity index is 2.39. The van der Waals surface area contributed by atoms with E-state index in [1.807, 2.05) is 0 Å². The van der Waals surface area contributed by atoms with Gasteiger partial charge in [-0.15, -0.1) is 0 Å². The predicted molar refractivity (Wildman–Crippen MR) is 48.6 cm³/mol. The van der Waals surface area contributed by atoms with Crippen LogP contribution in [0.15, 0.2) is 0 Å². The van der Waals surface area contributed by atoms with Crippen LogP contribution in [-0.4, -0.2) is 19.0 Å². The molecule has 1 rings (SSSR count). The van der Waals surface area contributed by atoms with Crippen LogP contribution in [0.1, 0.15) is 32.6 Å². The van der Waals surface area contributed by atoms with Crippen molar-refractivity contribution in [3.05, 3.63) is 0 Å². The molecule has 1 fully saturated rings. The van der Waals surface area contributed by atoms with E-state index in [9.17, 15) is 4.79 Å². The molecule has 0 aromatic carbocycles. The van der Waals surface area contributed by atoms with Crippen LogP contribution in [0.2, 0.25) is 0 Å². The number of carbonyl (C=O) groups excluding carboxylic acids is 1. The molecule has 0 spiro atoms. The standard InChI is InChI=1S/C9H18N2O/c1-8(12)11-7-9(6-10)4-2-3-5-9/h2-7,10H2,1H3,(H,11,12). The van der Waals surface area contributed by atoms with Crippen LogP contribution in [0.25, 0.3) is 0 Å². The van der Waals surface area contributed by atoms with E-state index in [0.717, 1.165) is 6.54 Å². The van der Waals surface area contributed by atoms with Gasteiger partial charge < -0.3 is 11.1 Å². The Morgan fingerprint density at radius 3 is 2.50 bits per heavy atom. The number of hydrogen-bond donors (Lipinski definition) is 2. The third-order valence-electron chi connectivity index (χ3n) is 2.81. The lowest BCUT2D eigenvalue weighted by atomic mass is 9.86.